The molecule has 1 saturated heterocycles. The first-order chi connectivity index (χ1) is 12.7. The third-order valence-corrected chi connectivity index (χ3v) is 5.48. The molecule has 0 amide bonds. The van der Waals surface area contributed by atoms with Gasteiger partial charge in [-0.2, -0.15) is 0 Å². The number of aliphatic imine (C=N–C) groups is 1. The summed E-state index contributed by atoms with van der Waals surface area (Å²) < 4.78 is 5.18. The molecule has 1 aromatic rings. The Bertz CT molecular complexity index is 607. The van der Waals surface area contributed by atoms with Gasteiger partial charge in [0.2, 0.25) is 0 Å². The molecule has 2 unspecified atom stereocenters. The predicted octanol–water partition coefficient (Wildman–Crippen LogP) is 3.48. The maximum absolute atomic E-state index is 6.12. The highest BCUT2D eigenvalue weighted by Crippen LogP contribution is 2.41. The van der Waals surface area contributed by atoms with Crippen LogP contribution in [0.4, 0.5) is 0 Å². The second-order valence-electron chi connectivity index (χ2n) is 7.22. The van der Waals surface area contributed by atoms with Crippen LogP contribution in [-0.4, -0.2) is 62.8 Å². The Morgan fingerprint density at radius 3 is 2.74 bits per heavy atom. The largest absolute Gasteiger partial charge is 0.383 e. The summed E-state index contributed by atoms with van der Waals surface area (Å²) in [7, 11) is 1.77. The van der Waals surface area contributed by atoms with Gasteiger partial charge in [-0.3, -0.25) is 4.99 Å². The van der Waals surface area contributed by atoms with Crippen LogP contribution in [0, 0.1) is 0 Å². The molecule has 152 valence electrons. The second kappa shape index (κ2) is 11.4. The van der Waals surface area contributed by atoms with Crippen molar-refractivity contribution in [1.82, 2.24) is 15.5 Å². The van der Waals surface area contributed by atoms with E-state index in [-0.39, 0.29) is 24.0 Å². The summed E-state index contributed by atoms with van der Waals surface area (Å²) in [5, 5.41) is 8.07. The van der Waals surface area contributed by atoms with Gasteiger partial charge < -0.3 is 20.3 Å². The molecule has 0 radical (unpaired) electrons. The van der Waals surface area contributed by atoms with Crippen LogP contribution in [0.5, 0.6) is 0 Å². The lowest BCUT2D eigenvalue weighted by atomic mass is 10.1. The van der Waals surface area contributed by atoms with E-state index in [9.17, 15) is 0 Å². The number of methoxy groups -OCH3 is 1. The number of ether oxygens (including phenoxy) is 1. The Balaban J connectivity index is 0.00000261. The van der Waals surface area contributed by atoms with E-state index in [2.05, 4.69) is 39.6 Å². The Morgan fingerprint density at radius 1 is 1.30 bits per heavy atom. The van der Waals surface area contributed by atoms with Crippen LogP contribution < -0.4 is 10.6 Å². The number of hydrogen-bond acceptors (Lipinski definition) is 3. The summed E-state index contributed by atoms with van der Waals surface area (Å²) in [4.78, 5) is 7.12. The molecule has 0 spiro atoms. The van der Waals surface area contributed by atoms with E-state index in [0.29, 0.717) is 18.0 Å². The fourth-order valence-electron chi connectivity index (χ4n) is 3.64. The lowest BCUT2D eigenvalue weighted by Gasteiger charge is -2.33. The highest BCUT2D eigenvalue weighted by Gasteiger charge is 2.39. The number of hydrogen-bond donors (Lipinski definition) is 2. The van der Waals surface area contributed by atoms with E-state index in [1.54, 1.807) is 7.11 Å². The van der Waals surface area contributed by atoms with E-state index in [1.807, 2.05) is 12.1 Å². The van der Waals surface area contributed by atoms with Gasteiger partial charge in [-0.05, 0) is 43.9 Å². The first-order valence-electron chi connectivity index (χ1n) is 9.74. The molecule has 1 heterocycles. The molecule has 1 aliphatic carbocycles. The average molecular weight is 507 g/mol. The molecule has 2 atom stereocenters. The van der Waals surface area contributed by atoms with Crippen LogP contribution in [0.3, 0.4) is 0 Å². The maximum Gasteiger partial charge on any atom is 0.191 e. The molecule has 3 rings (SSSR count). The summed E-state index contributed by atoms with van der Waals surface area (Å²) in [6.45, 7) is 6.95. The Labute approximate surface area is 185 Å². The van der Waals surface area contributed by atoms with Gasteiger partial charge in [0.15, 0.2) is 5.96 Å². The van der Waals surface area contributed by atoms with Gasteiger partial charge >= 0.3 is 0 Å². The van der Waals surface area contributed by atoms with E-state index in [4.69, 9.17) is 16.3 Å². The van der Waals surface area contributed by atoms with Gasteiger partial charge in [-0.15, -0.1) is 24.0 Å². The van der Waals surface area contributed by atoms with E-state index in [0.717, 1.165) is 63.0 Å². The quantitative estimate of drug-likeness (QED) is 0.338. The van der Waals surface area contributed by atoms with Crippen molar-refractivity contribution < 1.29 is 4.74 Å². The van der Waals surface area contributed by atoms with Crippen LogP contribution in [-0.2, 0) is 4.74 Å². The van der Waals surface area contributed by atoms with Crippen molar-refractivity contribution in [1.29, 1.82) is 0 Å². The van der Waals surface area contributed by atoms with Gasteiger partial charge in [0.25, 0.3) is 0 Å². The van der Waals surface area contributed by atoms with Crippen LogP contribution in [0.15, 0.2) is 29.3 Å². The molecule has 2 N–H and O–H groups in total. The third kappa shape index (κ3) is 7.07. The predicted molar refractivity (Wildman–Crippen MR) is 124 cm³/mol. The van der Waals surface area contributed by atoms with Crippen LogP contribution in [0.25, 0.3) is 0 Å². The fourth-order valence-corrected chi connectivity index (χ4v) is 3.84. The fraction of sp³-hybridized carbons (Fsp3) is 0.650. The molecule has 0 bridgehead atoms. The van der Waals surface area contributed by atoms with Crippen molar-refractivity contribution in [3.8, 4) is 0 Å². The van der Waals surface area contributed by atoms with Crippen molar-refractivity contribution in [3.63, 3.8) is 0 Å². The molecule has 2 fully saturated rings. The lowest BCUT2D eigenvalue weighted by Crippen LogP contribution is -2.49. The minimum absolute atomic E-state index is 0. The zero-order valence-corrected chi connectivity index (χ0v) is 19.4. The summed E-state index contributed by atoms with van der Waals surface area (Å²) in [6.07, 6.45) is 3.44. The first kappa shape index (κ1) is 22.7. The maximum atomic E-state index is 6.12. The molecule has 1 saturated carbocycles. The highest BCUT2D eigenvalue weighted by molar-refractivity contribution is 14.0. The monoisotopic (exact) mass is 506 g/mol. The van der Waals surface area contributed by atoms with Crippen molar-refractivity contribution >= 4 is 41.5 Å². The zero-order chi connectivity index (χ0) is 18.4. The van der Waals surface area contributed by atoms with Crippen molar-refractivity contribution in [2.24, 2.45) is 4.99 Å². The molecule has 2 aliphatic rings. The van der Waals surface area contributed by atoms with Crippen LogP contribution >= 0.6 is 35.6 Å². The number of nitrogens with zero attached hydrogens (tertiary/aromatic N) is 2. The number of guanidine groups is 1. The minimum Gasteiger partial charge on any atom is -0.383 e. The van der Waals surface area contributed by atoms with Crippen molar-refractivity contribution in [2.75, 3.05) is 39.9 Å². The van der Waals surface area contributed by atoms with Crippen molar-refractivity contribution in [2.45, 2.75) is 44.2 Å². The second-order valence-corrected chi connectivity index (χ2v) is 7.66. The van der Waals surface area contributed by atoms with E-state index >= 15 is 0 Å². The van der Waals surface area contributed by atoms with Gasteiger partial charge in [0.1, 0.15) is 0 Å². The number of likely N-dealkylation sites (tertiary alicyclic amines) is 1. The number of piperidine rings is 1. The van der Waals surface area contributed by atoms with Gasteiger partial charge in [-0.25, -0.2) is 0 Å². The molecule has 1 aromatic carbocycles. The molecule has 27 heavy (non-hydrogen) atoms. The number of halogens is 2. The summed E-state index contributed by atoms with van der Waals surface area (Å²) in [6, 6.07) is 9.15. The van der Waals surface area contributed by atoms with E-state index < -0.39 is 0 Å². The SMILES string of the molecule is CCN=C(NC1CCN(CCOC)CC1)NC1CC1c1cccc(Cl)c1.I. The molecule has 1 aliphatic heterocycles. The Kier molecular flexibility index (Phi) is 9.62. The summed E-state index contributed by atoms with van der Waals surface area (Å²) >= 11 is 6.12. The normalized spacial score (nSPS) is 23.6. The Morgan fingerprint density at radius 2 is 2.07 bits per heavy atom. The van der Waals surface area contributed by atoms with Crippen molar-refractivity contribution in [3.05, 3.63) is 34.9 Å². The third-order valence-electron chi connectivity index (χ3n) is 5.25. The molecular weight excluding hydrogens is 475 g/mol. The number of nitrogens with one attached hydrogen (secondary N) is 2. The number of benzene rings is 1. The highest BCUT2D eigenvalue weighted by atomic mass is 127. The van der Waals surface area contributed by atoms with E-state index in [1.165, 1.54) is 5.56 Å². The lowest BCUT2D eigenvalue weighted by molar-refractivity contribution is 0.128. The van der Waals surface area contributed by atoms with Crippen LogP contribution in [0.2, 0.25) is 5.02 Å². The van der Waals surface area contributed by atoms with Gasteiger partial charge in [0, 0.05) is 56.3 Å². The molecule has 5 nitrogen and oxygen atoms in total. The van der Waals surface area contributed by atoms with Gasteiger partial charge in [-0.1, -0.05) is 23.7 Å². The van der Waals surface area contributed by atoms with Crippen LogP contribution in [0.1, 0.15) is 37.7 Å². The topological polar surface area (TPSA) is 48.9 Å². The molecule has 0 aromatic heterocycles. The summed E-state index contributed by atoms with van der Waals surface area (Å²) in [5.74, 6) is 1.49. The molecule has 7 heteroatoms. The smallest absolute Gasteiger partial charge is 0.191 e. The summed E-state index contributed by atoms with van der Waals surface area (Å²) in [5.41, 5.74) is 1.32. The first-order valence-corrected chi connectivity index (χ1v) is 10.1. The Hall–Kier alpha value is -0.570. The van der Waals surface area contributed by atoms with Gasteiger partial charge in [0.05, 0.1) is 6.61 Å². The zero-order valence-electron chi connectivity index (χ0n) is 16.3. The molecular formula is C20H32ClIN4O. The average Bonchev–Trinajstić information content (AvgIpc) is 3.40. The minimum atomic E-state index is 0. The number of rotatable bonds is 7. The standard InChI is InChI=1S/C20H31ClN4O.HI/c1-3-22-20(23-17-7-9-25(10-8-17)11-12-26-2)24-19-14-18(19)15-5-4-6-16(21)13-15;/h4-6,13,17-19H,3,7-12,14H2,1-2H3,(H2,22,23,24);1H.